The number of hydrogen-bond acceptors (Lipinski definition) is 3. The molecule has 0 aromatic heterocycles. The second-order valence-electron chi connectivity index (χ2n) is 5.32. The first-order valence-corrected chi connectivity index (χ1v) is 7.14. The van der Waals surface area contributed by atoms with Crippen LogP contribution in [-0.2, 0) is 11.2 Å². The second kappa shape index (κ2) is 6.07. The SMILES string of the molecule is CCC(C)NC(=O)C(C)Oc1ccc2c(c1)CCC2=O. The van der Waals surface area contributed by atoms with E-state index in [-0.39, 0.29) is 17.7 Å². The van der Waals surface area contributed by atoms with Crippen LogP contribution in [0.25, 0.3) is 0 Å². The quantitative estimate of drug-likeness (QED) is 0.898. The molecule has 0 spiro atoms. The Morgan fingerprint density at radius 3 is 2.80 bits per heavy atom. The van der Waals surface area contributed by atoms with Gasteiger partial charge in [-0.25, -0.2) is 0 Å². The van der Waals surface area contributed by atoms with E-state index < -0.39 is 6.10 Å². The van der Waals surface area contributed by atoms with Gasteiger partial charge in [0.25, 0.3) is 5.91 Å². The number of rotatable bonds is 5. The fraction of sp³-hybridized carbons (Fsp3) is 0.500. The minimum absolute atomic E-state index is 0.115. The monoisotopic (exact) mass is 275 g/mol. The van der Waals surface area contributed by atoms with Crippen molar-refractivity contribution in [3.05, 3.63) is 29.3 Å². The van der Waals surface area contributed by atoms with Gasteiger partial charge in [-0.2, -0.15) is 0 Å². The highest BCUT2D eigenvalue weighted by atomic mass is 16.5. The standard InChI is InChI=1S/C16H21NO3/c1-4-10(2)17-16(19)11(3)20-13-6-7-14-12(9-13)5-8-15(14)18/h6-7,9-11H,4-5,8H2,1-3H3,(H,17,19). The van der Waals surface area contributed by atoms with Crippen molar-refractivity contribution in [3.8, 4) is 5.75 Å². The highest BCUT2D eigenvalue weighted by molar-refractivity contribution is 6.00. The maximum Gasteiger partial charge on any atom is 0.260 e. The molecule has 1 aromatic rings. The van der Waals surface area contributed by atoms with Crippen molar-refractivity contribution < 1.29 is 14.3 Å². The van der Waals surface area contributed by atoms with Gasteiger partial charge in [0.2, 0.25) is 0 Å². The summed E-state index contributed by atoms with van der Waals surface area (Å²) >= 11 is 0. The maximum absolute atomic E-state index is 11.9. The number of nitrogens with one attached hydrogen (secondary N) is 1. The minimum atomic E-state index is -0.542. The molecule has 1 amide bonds. The van der Waals surface area contributed by atoms with Crippen LogP contribution in [-0.4, -0.2) is 23.8 Å². The molecule has 0 fully saturated rings. The first kappa shape index (κ1) is 14.6. The number of fused-ring (bicyclic) bond motifs is 1. The summed E-state index contributed by atoms with van der Waals surface area (Å²) in [6.45, 7) is 5.72. The van der Waals surface area contributed by atoms with Gasteiger partial charge in [0.15, 0.2) is 11.9 Å². The molecular formula is C16H21NO3. The zero-order chi connectivity index (χ0) is 14.7. The molecule has 108 valence electrons. The molecule has 4 heteroatoms. The normalized spacial score (nSPS) is 16.4. The first-order chi connectivity index (χ1) is 9.51. The average molecular weight is 275 g/mol. The lowest BCUT2D eigenvalue weighted by molar-refractivity contribution is -0.127. The van der Waals surface area contributed by atoms with Crippen molar-refractivity contribution in [2.75, 3.05) is 0 Å². The lowest BCUT2D eigenvalue weighted by Gasteiger charge is -2.18. The van der Waals surface area contributed by atoms with E-state index in [2.05, 4.69) is 5.32 Å². The summed E-state index contributed by atoms with van der Waals surface area (Å²) in [5.41, 5.74) is 1.80. The number of Topliss-reactive ketones (excluding diaryl/α,β-unsaturated/α-hetero) is 1. The Labute approximate surface area is 119 Å². The van der Waals surface area contributed by atoms with Gasteiger partial charge in [-0.15, -0.1) is 0 Å². The minimum Gasteiger partial charge on any atom is -0.481 e. The molecule has 2 unspecified atom stereocenters. The molecule has 0 bridgehead atoms. The third-order valence-corrected chi connectivity index (χ3v) is 3.68. The lowest BCUT2D eigenvalue weighted by Crippen LogP contribution is -2.40. The molecular weight excluding hydrogens is 254 g/mol. The number of hydrogen-bond donors (Lipinski definition) is 1. The summed E-state index contributed by atoms with van der Waals surface area (Å²) in [6.07, 6.45) is 1.68. The number of carbonyl (C=O) groups excluding carboxylic acids is 2. The van der Waals surface area contributed by atoms with E-state index in [1.54, 1.807) is 19.1 Å². The molecule has 1 aliphatic rings. The first-order valence-electron chi connectivity index (χ1n) is 7.14. The predicted molar refractivity (Wildman–Crippen MR) is 77.1 cm³/mol. The number of aryl methyl sites for hydroxylation is 1. The summed E-state index contributed by atoms with van der Waals surface area (Å²) in [7, 11) is 0. The van der Waals surface area contributed by atoms with Gasteiger partial charge in [0.05, 0.1) is 0 Å². The highest BCUT2D eigenvalue weighted by Crippen LogP contribution is 2.26. The highest BCUT2D eigenvalue weighted by Gasteiger charge is 2.21. The van der Waals surface area contributed by atoms with Crippen molar-refractivity contribution >= 4 is 11.7 Å². The van der Waals surface area contributed by atoms with E-state index in [0.29, 0.717) is 12.2 Å². The van der Waals surface area contributed by atoms with Gasteiger partial charge >= 0.3 is 0 Å². The van der Waals surface area contributed by atoms with Crippen molar-refractivity contribution in [2.45, 2.75) is 52.2 Å². The van der Waals surface area contributed by atoms with Crippen molar-refractivity contribution in [3.63, 3.8) is 0 Å². The summed E-state index contributed by atoms with van der Waals surface area (Å²) in [4.78, 5) is 23.5. The summed E-state index contributed by atoms with van der Waals surface area (Å²) in [6, 6.07) is 5.56. The second-order valence-corrected chi connectivity index (χ2v) is 5.32. The van der Waals surface area contributed by atoms with Crippen molar-refractivity contribution in [1.82, 2.24) is 5.32 Å². The van der Waals surface area contributed by atoms with Gasteiger partial charge in [-0.3, -0.25) is 9.59 Å². The van der Waals surface area contributed by atoms with Crippen LogP contribution < -0.4 is 10.1 Å². The van der Waals surface area contributed by atoms with Crippen molar-refractivity contribution in [1.29, 1.82) is 0 Å². The largest absolute Gasteiger partial charge is 0.481 e. The number of ether oxygens (including phenoxy) is 1. The summed E-state index contributed by atoms with van der Waals surface area (Å²) in [5.74, 6) is 0.718. The van der Waals surface area contributed by atoms with E-state index in [1.165, 1.54) is 0 Å². The van der Waals surface area contributed by atoms with Gasteiger partial charge in [0.1, 0.15) is 5.75 Å². The smallest absolute Gasteiger partial charge is 0.260 e. The molecule has 0 aliphatic heterocycles. The zero-order valence-electron chi connectivity index (χ0n) is 12.2. The van der Waals surface area contributed by atoms with Crippen LogP contribution in [0.2, 0.25) is 0 Å². The van der Waals surface area contributed by atoms with Crippen LogP contribution in [0, 0.1) is 0 Å². The zero-order valence-corrected chi connectivity index (χ0v) is 12.2. The van der Waals surface area contributed by atoms with Gasteiger partial charge in [0, 0.05) is 18.0 Å². The molecule has 2 atom stereocenters. The Morgan fingerprint density at radius 2 is 2.10 bits per heavy atom. The lowest BCUT2D eigenvalue weighted by atomic mass is 10.1. The van der Waals surface area contributed by atoms with Crippen LogP contribution in [0.4, 0.5) is 0 Å². The maximum atomic E-state index is 11.9. The van der Waals surface area contributed by atoms with Gasteiger partial charge in [-0.05, 0) is 50.5 Å². The van der Waals surface area contributed by atoms with Gasteiger partial charge in [-0.1, -0.05) is 6.92 Å². The number of amides is 1. The third-order valence-electron chi connectivity index (χ3n) is 3.68. The third kappa shape index (κ3) is 3.18. The van der Waals surface area contributed by atoms with Crippen molar-refractivity contribution in [2.24, 2.45) is 0 Å². The molecule has 2 rings (SSSR count). The van der Waals surface area contributed by atoms with Crippen LogP contribution >= 0.6 is 0 Å². The Hall–Kier alpha value is -1.84. The summed E-state index contributed by atoms with van der Waals surface area (Å²) in [5, 5.41) is 2.89. The van der Waals surface area contributed by atoms with E-state index in [4.69, 9.17) is 4.74 Å². The fourth-order valence-corrected chi connectivity index (χ4v) is 2.23. The molecule has 1 aromatic carbocycles. The molecule has 20 heavy (non-hydrogen) atoms. The Morgan fingerprint density at radius 1 is 1.35 bits per heavy atom. The topological polar surface area (TPSA) is 55.4 Å². The molecule has 0 heterocycles. The van der Waals surface area contributed by atoms with E-state index in [0.717, 1.165) is 24.0 Å². The molecule has 0 saturated carbocycles. The van der Waals surface area contributed by atoms with E-state index >= 15 is 0 Å². The molecule has 0 radical (unpaired) electrons. The Bertz CT molecular complexity index is 524. The fourth-order valence-electron chi connectivity index (χ4n) is 2.23. The molecule has 4 nitrogen and oxygen atoms in total. The molecule has 0 saturated heterocycles. The van der Waals surface area contributed by atoms with Gasteiger partial charge < -0.3 is 10.1 Å². The summed E-state index contributed by atoms with van der Waals surface area (Å²) < 4.78 is 5.66. The molecule has 1 aliphatic carbocycles. The Balaban J connectivity index is 2.00. The van der Waals surface area contributed by atoms with Crippen LogP contribution in [0.5, 0.6) is 5.75 Å². The van der Waals surface area contributed by atoms with Crippen LogP contribution in [0.3, 0.4) is 0 Å². The molecule has 1 N–H and O–H groups in total. The Kier molecular flexibility index (Phi) is 4.42. The van der Waals surface area contributed by atoms with Crippen LogP contribution in [0.1, 0.15) is 49.5 Å². The average Bonchev–Trinajstić information content (AvgIpc) is 2.79. The van der Waals surface area contributed by atoms with E-state index in [1.807, 2.05) is 19.9 Å². The number of carbonyl (C=O) groups is 2. The predicted octanol–water partition coefficient (Wildman–Crippen LogP) is 2.50. The number of ketones is 1. The van der Waals surface area contributed by atoms with Crippen LogP contribution in [0.15, 0.2) is 18.2 Å². The van der Waals surface area contributed by atoms with E-state index in [9.17, 15) is 9.59 Å². The number of benzene rings is 1.